The Balaban J connectivity index is 3.20. The molecule has 0 aliphatic rings. The molecule has 1 amide bonds. The average molecular weight is 242 g/mol. The maximum atomic E-state index is 12.0. The summed E-state index contributed by atoms with van der Waals surface area (Å²) in [5.41, 5.74) is 5.94. The maximum Gasteiger partial charge on any atom is 0.266 e. The predicted octanol–water partition coefficient (Wildman–Crippen LogP) is 0.826. The Morgan fingerprint density at radius 3 is 2.19 bits per heavy atom. The molecule has 5 nitrogen and oxygen atoms in total. The molecule has 0 spiro atoms. The van der Waals surface area contributed by atoms with Crippen molar-refractivity contribution < 1.29 is 13.2 Å². The van der Waals surface area contributed by atoms with E-state index in [0.717, 1.165) is 4.31 Å². The van der Waals surface area contributed by atoms with E-state index in [2.05, 4.69) is 0 Å². The number of sulfonamides is 1. The van der Waals surface area contributed by atoms with Crippen LogP contribution in [0.3, 0.4) is 0 Å². The molecule has 0 saturated carbocycles. The van der Waals surface area contributed by atoms with E-state index in [0.29, 0.717) is 5.69 Å². The minimum atomic E-state index is -3.74. The van der Waals surface area contributed by atoms with Crippen molar-refractivity contribution >= 4 is 21.6 Å². The fourth-order valence-electron chi connectivity index (χ4n) is 1.33. The van der Waals surface area contributed by atoms with E-state index in [1.54, 1.807) is 6.92 Å². The highest BCUT2D eigenvalue weighted by Gasteiger charge is 2.24. The Labute approximate surface area is 94.9 Å². The van der Waals surface area contributed by atoms with Crippen LogP contribution in [0.4, 0.5) is 5.69 Å². The van der Waals surface area contributed by atoms with Crippen LogP contribution >= 0.6 is 0 Å². The third-order valence-corrected chi connectivity index (χ3v) is 4.07. The standard InChI is InChI=1S/C10H14N2O3S/c1-3-12(8(2)13)16(14,15)10-6-4-9(11)5-7-10/h4-7H,3,11H2,1-2H3. The van der Waals surface area contributed by atoms with Crippen molar-refractivity contribution in [2.45, 2.75) is 18.7 Å². The zero-order chi connectivity index (χ0) is 12.3. The Bertz CT molecular complexity index is 479. The van der Waals surface area contributed by atoms with Crippen LogP contribution in [0.1, 0.15) is 13.8 Å². The smallest absolute Gasteiger partial charge is 0.266 e. The van der Waals surface area contributed by atoms with Gasteiger partial charge in [-0.05, 0) is 31.2 Å². The van der Waals surface area contributed by atoms with Crippen molar-refractivity contribution in [3.05, 3.63) is 24.3 Å². The molecule has 0 bridgehead atoms. The van der Waals surface area contributed by atoms with Gasteiger partial charge in [0.2, 0.25) is 5.91 Å². The number of hydrogen-bond donors (Lipinski definition) is 1. The summed E-state index contributed by atoms with van der Waals surface area (Å²) in [6.07, 6.45) is 0. The van der Waals surface area contributed by atoms with Gasteiger partial charge >= 0.3 is 0 Å². The SMILES string of the molecule is CCN(C(C)=O)S(=O)(=O)c1ccc(N)cc1. The number of anilines is 1. The van der Waals surface area contributed by atoms with Crippen molar-refractivity contribution in [2.75, 3.05) is 12.3 Å². The van der Waals surface area contributed by atoms with Crippen LogP contribution in [-0.2, 0) is 14.8 Å². The Kier molecular flexibility index (Phi) is 3.54. The highest BCUT2D eigenvalue weighted by molar-refractivity contribution is 7.89. The van der Waals surface area contributed by atoms with E-state index in [-0.39, 0.29) is 11.4 Å². The summed E-state index contributed by atoms with van der Waals surface area (Å²) in [5, 5.41) is 0. The van der Waals surface area contributed by atoms with Crippen LogP contribution in [-0.4, -0.2) is 25.2 Å². The molecule has 0 radical (unpaired) electrons. The molecule has 88 valence electrons. The lowest BCUT2D eigenvalue weighted by atomic mass is 10.3. The number of hydrogen-bond acceptors (Lipinski definition) is 4. The van der Waals surface area contributed by atoms with Gasteiger partial charge in [-0.1, -0.05) is 0 Å². The summed E-state index contributed by atoms with van der Waals surface area (Å²) in [7, 11) is -3.74. The van der Waals surface area contributed by atoms with Gasteiger partial charge in [0.1, 0.15) is 0 Å². The molecule has 2 N–H and O–H groups in total. The second kappa shape index (κ2) is 4.52. The molecule has 0 aromatic heterocycles. The quantitative estimate of drug-likeness (QED) is 0.796. The molecule has 0 unspecified atom stereocenters. The topological polar surface area (TPSA) is 80.5 Å². The van der Waals surface area contributed by atoms with Crippen LogP contribution in [0.15, 0.2) is 29.2 Å². The molecular weight excluding hydrogens is 228 g/mol. The molecule has 1 aromatic carbocycles. The van der Waals surface area contributed by atoms with Crippen LogP contribution in [0.5, 0.6) is 0 Å². The first-order valence-electron chi connectivity index (χ1n) is 4.78. The van der Waals surface area contributed by atoms with E-state index in [4.69, 9.17) is 5.73 Å². The van der Waals surface area contributed by atoms with Gasteiger partial charge in [0, 0.05) is 19.2 Å². The van der Waals surface area contributed by atoms with Gasteiger partial charge in [-0.2, -0.15) is 0 Å². The van der Waals surface area contributed by atoms with E-state index < -0.39 is 15.9 Å². The molecule has 0 atom stereocenters. The number of carbonyl (C=O) groups excluding carboxylic acids is 1. The van der Waals surface area contributed by atoms with Gasteiger partial charge in [0.25, 0.3) is 10.0 Å². The summed E-state index contributed by atoms with van der Waals surface area (Å²) in [6.45, 7) is 2.94. The fraction of sp³-hybridized carbons (Fsp3) is 0.300. The summed E-state index contributed by atoms with van der Waals surface area (Å²) >= 11 is 0. The molecule has 0 heterocycles. The van der Waals surface area contributed by atoms with Crippen molar-refractivity contribution in [3.63, 3.8) is 0 Å². The first kappa shape index (κ1) is 12.5. The monoisotopic (exact) mass is 242 g/mol. The zero-order valence-corrected chi connectivity index (χ0v) is 9.99. The average Bonchev–Trinajstić information content (AvgIpc) is 2.18. The van der Waals surface area contributed by atoms with Crippen molar-refractivity contribution in [1.82, 2.24) is 4.31 Å². The normalized spacial score (nSPS) is 11.1. The number of carbonyl (C=O) groups is 1. The van der Waals surface area contributed by atoms with Crippen LogP contribution < -0.4 is 5.73 Å². The van der Waals surface area contributed by atoms with E-state index in [9.17, 15) is 13.2 Å². The number of nitrogen functional groups attached to an aromatic ring is 1. The lowest BCUT2D eigenvalue weighted by molar-refractivity contribution is -0.124. The number of nitrogens with zero attached hydrogens (tertiary/aromatic N) is 1. The van der Waals surface area contributed by atoms with Crippen LogP contribution in [0.25, 0.3) is 0 Å². The summed E-state index contributed by atoms with van der Waals surface area (Å²) in [5.74, 6) is -0.501. The second-order valence-electron chi connectivity index (χ2n) is 3.26. The van der Waals surface area contributed by atoms with Crippen molar-refractivity contribution in [2.24, 2.45) is 0 Å². The first-order valence-corrected chi connectivity index (χ1v) is 6.22. The highest BCUT2D eigenvalue weighted by Crippen LogP contribution is 2.16. The molecule has 6 heteroatoms. The Morgan fingerprint density at radius 2 is 1.81 bits per heavy atom. The first-order chi connectivity index (χ1) is 7.39. The molecule has 16 heavy (non-hydrogen) atoms. The third kappa shape index (κ3) is 2.33. The molecule has 0 saturated heterocycles. The maximum absolute atomic E-state index is 12.0. The van der Waals surface area contributed by atoms with Gasteiger partial charge in [-0.25, -0.2) is 12.7 Å². The number of amides is 1. The molecular formula is C10H14N2O3S. The van der Waals surface area contributed by atoms with Crippen LogP contribution in [0, 0.1) is 0 Å². The van der Waals surface area contributed by atoms with Crippen molar-refractivity contribution in [3.8, 4) is 0 Å². The zero-order valence-electron chi connectivity index (χ0n) is 9.17. The van der Waals surface area contributed by atoms with E-state index in [1.807, 2.05) is 0 Å². The highest BCUT2D eigenvalue weighted by atomic mass is 32.2. The van der Waals surface area contributed by atoms with Gasteiger partial charge in [-0.15, -0.1) is 0 Å². The number of nitrogens with two attached hydrogens (primary N) is 1. The lowest BCUT2D eigenvalue weighted by Gasteiger charge is -2.18. The van der Waals surface area contributed by atoms with Crippen molar-refractivity contribution in [1.29, 1.82) is 0 Å². The Morgan fingerprint density at radius 1 is 1.31 bits per heavy atom. The molecule has 0 fully saturated rings. The second-order valence-corrected chi connectivity index (χ2v) is 5.12. The molecule has 1 rings (SSSR count). The summed E-state index contributed by atoms with van der Waals surface area (Å²) in [4.78, 5) is 11.3. The third-order valence-electron chi connectivity index (χ3n) is 2.11. The summed E-state index contributed by atoms with van der Waals surface area (Å²) in [6, 6.07) is 5.74. The number of rotatable bonds is 3. The minimum absolute atomic E-state index is 0.0683. The van der Waals surface area contributed by atoms with Gasteiger partial charge < -0.3 is 5.73 Å². The van der Waals surface area contributed by atoms with Gasteiger partial charge in [-0.3, -0.25) is 4.79 Å². The fourth-order valence-corrected chi connectivity index (χ4v) is 2.74. The molecule has 1 aromatic rings. The minimum Gasteiger partial charge on any atom is -0.399 e. The number of benzene rings is 1. The van der Waals surface area contributed by atoms with Gasteiger partial charge in [0.05, 0.1) is 4.90 Å². The summed E-state index contributed by atoms with van der Waals surface area (Å²) < 4.78 is 24.8. The van der Waals surface area contributed by atoms with Gasteiger partial charge in [0.15, 0.2) is 0 Å². The largest absolute Gasteiger partial charge is 0.399 e. The lowest BCUT2D eigenvalue weighted by Crippen LogP contribution is -2.34. The van der Waals surface area contributed by atoms with E-state index >= 15 is 0 Å². The predicted molar refractivity (Wildman–Crippen MR) is 61.1 cm³/mol. The molecule has 0 aliphatic heterocycles. The van der Waals surface area contributed by atoms with Crippen LogP contribution in [0.2, 0.25) is 0 Å². The van der Waals surface area contributed by atoms with E-state index in [1.165, 1.54) is 31.2 Å². The molecule has 0 aliphatic carbocycles. The Hall–Kier alpha value is -1.56.